The van der Waals surface area contributed by atoms with Gasteiger partial charge in [-0.3, -0.25) is 0 Å². The molecule has 1 unspecified atom stereocenters. The Morgan fingerprint density at radius 1 is 0.900 bits per heavy atom. The second-order valence-corrected chi connectivity index (χ2v) is 6.58. The monoisotopic (exact) mass is 285 g/mol. The van der Waals surface area contributed by atoms with Crippen LogP contribution in [0.1, 0.15) is 32.6 Å². The van der Waals surface area contributed by atoms with Crippen LogP contribution in [0.25, 0.3) is 0 Å². The van der Waals surface area contributed by atoms with Crippen LogP contribution in [0.4, 0.5) is 0 Å². The predicted molar refractivity (Wildman–Crippen MR) is 83.4 cm³/mol. The van der Waals surface area contributed by atoms with E-state index in [1.54, 1.807) is 24.3 Å². The minimum absolute atomic E-state index is 0.270. The highest BCUT2D eigenvalue weighted by molar-refractivity contribution is 7.71. The maximum absolute atomic E-state index is 12.6. The lowest BCUT2D eigenvalue weighted by atomic mass is 9.95. The van der Waals surface area contributed by atoms with Crippen LogP contribution in [-0.2, 0) is 4.57 Å². The number of carbonyl (C=O) groups is 1. The van der Waals surface area contributed by atoms with Crippen LogP contribution in [0, 0.1) is 27.7 Å². The molecule has 0 N–H and O–H groups in total. The minimum Gasteiger partial charge on any atom is -0.234 e. The van der Waals surface area contributed by atoms with E-state index in [9.17, 15) is 9.36 Å². The van der Waals surface area contributed by atoms with Crippen molar-refractivity contribution in [2.75, 3.05) is 0 Å². The highest BCUT2D eigenvalue weighted by Gasteiger charge is 2.35. The maximum Gasteiger partial charge on any atom is 0.458 e. The highest BCUT2D eigenvalue weighted by atomic mass is 31.1. The molecule has 0 amide bonds. The van der Waals surface area contributed by atoms with E-state index < -0.39 is 7.80 Å². The maximum atomic E-state index is 12.6. The van der Waals surface area contributed by atoms with Crippen molar-refractivity contribution in [3.05, 3.63) is 64.2 Å². The van der Waals surface area contributed by atoms with Gasteiger partial charge >= 0.3 is 13.3 Å². The molecule has 2 rings (SSSR count). The van der Waals surface area contributed by atoms with Gasteiger partial charge < -0.3 is 0 Å². The molecule has 0 fully saturated rings. The Bertz CT molecular complexity index is 662. The van der Waals surface area contributed by atoms with Crippen molar-refractivity contribution in [3.8, 4) is 0 Å². The molecule has 0 saturated carbocycles. The summed E-state index contributed by atoms with van der Waals surface area (Å²) < 4.78 is 12.5. The number of hydrogen-bond acceptors (Lipinski definition) is 2. The first-order valence-corrected chi connectivity index (χ1v) is 7.83. The fraction of sp³-hybridized carbons (Fsp3) is 0.235. The molecule has 2 nitrogen and oxygen atoms in total. The van der Waals surface area contributed by atoms with Crippen LogP contribution in [0.15, 0.2) is 36.4 Å². The van der Waals surface area contributed by atoms with E-state index in [0.29, 0.717) is 10.9 Å². The van der Waals surface area contributed by atoms with Crippen molar-refractivity contribution in [1.82, 2.24) is 0 Å². The standard InChI is InChI=1S/C17H18O2P/c1-11-10-12(2)14(4)16(13(11)3)17(18)20(19)15-8-6-5-7-9-15/h5-10H,1-4H3/q+1. The van der Waals surface area contributed by atoms with Gasteiger partial charge in [0.15, 0.2) is 5.30 Å². The largest absolute Gasteiger partial charge is 0.458 e. The lowest BCUT2D eigenvalue weighted by Crippen LogP contribution is -2.09. The molecule has 2 aromatic carbocycles. The van der Waals surface area contributed by atoms with Gasteiger partial charge in [0.05, 0.1) is 5.56 Å². The summed E-state index contributed by atoms with van der Waals surface area (Å²) >= 11 is 0. The summed E-state index contributed by atoms with van der Waals surface area (Å²) in [7, 11) is -2.06. The lowest BCUT2D eigenvalue weighted by Gasteiger charge is -2.10. The van der Waals surface area contributed by atoms with Crippen molar-refractivity contribution in [3.63, 3.8) is 0 Å². The quantitative estimate of drug-likeness (QED) is 0.791. The van der Waals surface area contributed by atoms with Gasteiger partial charge in [0, 0.05) is 0 Å². The molecule has 0 aliphatic heterocycles. The molecule has 20 heavy (non-hydrogen) atoms. The predicted octanol–water partition coefficient (Wildman–Crippen LogP) is 4.21. The van der Waals surface area contributed by atoms with Gasteiger partial charge in [-0.15, -0.1) is 0 Å². The Morgan fingerprint density at radius 2 is 1.40 bits per heavy atom. The summed E-state index contributed by atoms with van der Waals surface area (Å²) in [4.78, 5) is 12.6. The lowest BCUT2D eigenvalue weighted by molar-refractivity contribution is 0.107. The first-order chi connectivity index (χ1) is 9.43. The highest BCUT2D eigenvalue weighted by Crippen LogP contribution is 2.32. The minimum atomic E-state index is -2.06. The van der Waals surface area contributed by atoms with Crippen LogP contribution in [0.3, 0.4) is 0 Å². The van der Waals surface area contributed by atoms with Crippen molar-refractivity contribution in [2.24, 2.45) is 0 Å². The van der Waals surface area contributed by atoms with E-state index >= 15 is 0 Å². The molecule has 0 aliphatic carbocycles. The number of rotatable bonds is 3. The molecule has 0 aliphatic rings. The molecule has 0 aromatic heterocycles. The van der Waals surface area contributed by atoms with Gasteiger partial charge in [-0.1, -0.05) is 28.8 Å². The van der Waals surface area contributed by atoms with Crippen LogP contribution >= 0.6 is 7.80 Å². The van der Waals surface area contributed by atoms with E-state index in [1.807, 2.05) is 33.8 Å². The zero-order valence-electron chi connectivity index (χ0n) is 12.2. The normalized spacial score (nSPS) is 11.3. The second kappa shape index (κ2) is 5.68. The molecule has 2 aromatic rings. The molecule has 0 spiro atoms. The van der Waals surface area contributed by atoms with E-state index in [4.69, 9.17) is 0 Å². The topological polar surface area (TPSA) is 34.1 Å². The molecule has 0 heterocycles. The fourth-order valence-corrected chi connectivity index (χ4v) is 3.54. The third-order valence-corrected chi connectivity index (χ3v) is 5.11. The Kier molecular flexibility index (Phi) is 4.15. The van der Waals surface area contributed by atoms with Gasteiger partial charge in [-0.25, -0.2) is 4.79 Å². The molecule has 102 valence electrons. The molecule has 0 radical (unpaired) electrons. The van der Waals surface area contributed by atoms with Crippen molar-refractivity contribution < 1.29 is 9.36 Å². The van der Waals surface area contributed by atoms with E-state index in [0.717, 1.165) is 22.3 Å². The first-order valence-electron chi connectivity index (χ1n) is 6.57. The van der Waals surface area contributed by atoms with Crippen LogP contribution in [0.5, 0.6) is 0 Å². The third-order valence-electron chi connectivity index (χ3n) is 3.76. The second-order valence-electron chi connectivity index (χ2n) is 5.07. The van der Waals surface area contributed by atoms with Crippen molar-refractivity contribution in [1.29, 1.82) is 0 Å². The molecular formula is C17H18O2P+. The Balaban J connectivity index is 2.53. The van der Waals surface area contributed by atoms with E-state index in [2.05, 4.69) is 6.07 Å². The number of carbonyl (C=O) groups excluding carboxylic acids is 1. The number of hydrogen-bond donors (Lipinski definition) is 0. The summed E-state index contributed by atoms with van der Waals surface area (Å²) in [5.74, 6) is 0. The number of aryl methyl sites for hydroxylation is 2. The van der Waals surface area contributed by atoms with Crippen LogP contribution in [-0.4, -0.2) is 5.52 Å². The summed E-state index contributed by atoms with van der Waals surface area (Å²) in [6, 6.07) is 11.0. The van der Waals surface area contributed by atoms with Crippen LogP contribution < -0.4 is 5.30 Å². The van der Waals surface area contributed by atoms with Gasteiger partial charge in [0.2, 0.25) is 0 Å². The third kappa shape index (κ3) is 2.57. The molecule has 0 bridgehead atoms. The zero-order chi connectivity index (χ0) is 14.9. The summed E-state index contributed by atoms with van der Waals surface area (Å²) in [5, 5.41) is 0.588. The smallest absolute Gasteiger partial charge is 0.234 e. The zero-order valence-corrected chi connectivity index (χ0v) is 13.1. The van der Waals surface area contributed by atoms with Crippen LogP contribution in [0.2, 0.25) is 0 Å². The van der Waals surface area contributed by atoms with Gasteiger partial charge in [0.25, 0.3) is 0 Å². The Hall–Kier alpha value is -1.79. The summed E-state index contributed by atoms with van der Waals surface area (Å²) in [5.41, 5.74) is 4.33. The average molecular weight is 285 g/mol. The number of benzene rings is 2. The van der Waals surface area contributed by atoms with Crippen molar-refractivity contribution >= 4 is 18.6 Å². The summed E-state index contributed by atoms with van der Waals surface area (Å²) in [6.45, 7) is 7.80. The van der Waals surface area contributed by atoms with E-state index in [1.165, 1.54) is 0 Å². The SMILES string of the molecule is Cc1cc(C)c(C)c(C(=O)[P+](=O)c2ccccc2)c1C. The Labute approximate surface area is 120 Å². The Morgan fingerprint density at radius 3 is 1.90 bits per heavy atom. The molecule has 0 saturated heterocycles. The van der Waals surface area contributed by atoms with Gasteiger partial charge in [-0.05, 0) is 62.1 Å². The van der Waals surface area contributed by atoms with Gasteiger partial charge in [-0.2, -0.15) is 0 Å². The van der Waals surface area contributed by atoms with E-state index in [-0.39, 0.29) is 5.52 Å². The molecular weight excluding hydrogens is 267 g/mol. The fourth-order valence-electron chi connectivity index (χ4n) is 2.32. The van der Waals surface area contributed by atoms with Gasteiger partial charge in [0.1, 0.15) is 0 Å². The average Bonchev–Trinajstić information content (AvgIpc) is 2.45. The summed E-state index contributed by atoms with van der Waals surface area (Å²) in [6.07, 6.45) is 0. The molecule has 1 atom stereocenters. The van der Waals surface area contributed by atoms with Crippen molar-refractivity contribution in [2.45, 2.75) is 27.7 Å². The first kappa shape index (κ1) is 14.6. The molecule has 3 heteroatoms.